The highest BCUT2D eigenvalue weighted by atomic mass is 19.4. The molecule has 0 saturated heterocycles. The molecule has 0 spiro atoms. The van der Waals surface area contributed by atoms with Gasteiger partial charge in [0.1, 0.15) is 0 Å². The summed E-state index contributed by atoms with van der Waals surface area (Å²) >= 11 is 0. The standard InChI is InChI=1S/C17H14F3NO2/c1-23-16(22)11-10-12-6-2-4-8-14(12)21-15-9-5-3-7-13(15)17(18,19)20/h2-11,21H,1H3. The lowest BCUT2D eigenvalue weighted by molar-refractivity contribution is -0.137. The third kappa shape index (κ3) is 4.35. The Morgan fingerprint density at radius 2 is 1.65 bits per heavy atom. The van der Waals surface area contributed by atoms with E-state index >= 15 is 0 Å². The lowest BCUT2D eigenvalue weighted by atomic mass is 10.1. The molecule has 3 nitrogen and oxygen atoms in total. The first-order chi connectivity index (χ1) is 10.9. The number of esters is 1. The summed E-state index contributed by atoms with van der Waals surface area (Å²) in [7, 11) is 1.25. The average Bonchev–Trinajstić information content (AvgIpc) is 2.53. The van der Waals surface area contributed by atoms with Crippen LogP contribution in [0.1, 0.15) is 11.1 Å². The first-order valence-corrected chi connectivity index (χ1v) is 6.70. The Balaban J connectivity index is 2.35. The van der Waals surface area contributed by atoms with Crippen LogP contribution in [0.3, 0.4) is 0 Å². The summed E-state index contributed by atoms with van der Waals surface area (Å²) in [6.45, 7) is 0. The molecule has 0 fully saturated rings. The van der Waals surface area contributed by atoms with Crippen LogP contribution in [-0.4, -0.2) is 13.1 Å². The molecule has 0 unspecified atom stereocenters. The molecule has 120 valence electrons. The molecular formula is C17H14F3NO2. The predicted octanol–water partition coefficient (Wildman–Crippen LogP) is 4.64. The Morgan fingerprint density at radius 3 is 2.30 bits per heavy atom. The third-order valence-electron chi connectivity index (χ3n) is 3.06. The Morgan fingerprint density at radius 1 is 1.04 bits per heavy atom. The number of ether oxygens (including phenoxy) is 1. The topological polar surface area (TPSA) is 38.3 Å². The monoisotopic (exact) mass is 321 g/mol. The second-order valence-corrected chi connectivity index (χ2v) is 4.61. The van der Waals surface area contributed by atoms with Crippen molar-refractivity contribution in [3.05, 3.63) is 65.7 Å². The van der Waals surface area contributed by atoms with Crippen molar-refractivity contribution in [2.75, 3.05) is 12.4 Å². The van der Waals surface area contributed by atoms with Crippen LogP contribution in [0.4, 0.5) is 24.5 Å². The largest absolute Gasteiger partial charge is 0.466 e. The third-order valence-corrected chi connectivity index (χ3v) is 3.06. The molecule has 0 aliphatic rings. The van der Waals surface area contributed by atoms with Crippen LogP contribution in [0.25, 0.3) is 6.08 Å². The minimum atomic E-state index is -4.46. The highest BCUT2D eigenvalue weighted by molar-refractivity contribution is 5.88. The number of halogens is 3. The van der Waals surface area contributed by atoms with Crippen molar-refractivity contribution in [2.24, 2.45) is 0 Å². The molecule has 0 aromatic heterocycles. The number of nitrogens with one attached hydrogen (secondary N) is 1. The number of carbonyl (C=O) groups is 1. The van der Waals surface area contributed by atoms with E-state index in [2.05, 4.69) is 10.1 Å². The van der Waals surface area contributed by atoms with E-state index < -0.39 is 17.7 Å². The predicted molar refractivity (Wildman–Crippen MR) is 82.2 cm³/mol. The zero-order valence-electron chi connectivity index (χ0n) is 12.2. The van der Waals surface area contributed by atoms with Crippen LogP contribution in [0.5, 0.6) is 0 Å². The van der Waals surface area contributed by atoms with Crippen molar-refractivity contribution in [3.63, 3.8) is 0 Å². The van der Waals surface area contributed by atoms with Gasteiger partial charge in [0, 0.05) is 11.8 Å². The van der Waals surface area contributed by atoms with Gasteiger partial charge in [-0.1, -0.05) is 30.3 Å². The summed E-state index contributed by atoms with van der Waals surface area (Å²) in [5.41, 5.74) is 0.199. The second kappa shape index (κ2) is 7.00. The summed E-state index contributed by atoms with van der Waals surface area (Å²) in [6, 6.07) is 11.9. The van der Waals surface area contributed by atoms with Crippen LogP contribution in [0.2, 0.25) is 0 Å². The number of hydrogen-bond donors (Lipinski definition) is 1. The zero-order valence-corrected chi connectivity index (χ0v) is 12.2. The number of alkyl halides is 3. The molecule has 0 saturated carbocycles. The van der Waals surface area contributed by atoms with Crippen molar-refractivity contribution in [1.82, 2.24) is 0 Å². The van der Waals surface area contributed by atoms with E-state index in [1.807, 2.05) is 0 Å². The van der Waals surface area contributed by atoms with Crippen molar-refractivity contribution < 1.29 is 22.7 Å². The molecule has 0 amide bonds. The highest BCUT2D eigenvalue weighted by Gasteiger charge is 2.33. The minimum absolute atomic E-state index is 0.0566. The van der Waals surface area contributed by atoms with Crippen LogP contribution < -0.4 is 5.32 Å². The zero-order chi connectivity index (χ0) is 16.9. The summed E-state index contributed by atoms with van der Waals surface area (Å²) in [4.78, 5) is 11.2. The highest BCUT2D eigenvalue weighted by Crippen LogP contribution is 2.36. The fourth-order valence-corrected chi connectivity index (χ4v) is 1.97. The van der Waals surface area contributed by atoms with Crippen LogP contribution in [-0.2, 0) is 15.7 Å². The van der Waals surface area contributed by atoms with Gasteiger partial charge in [0.2, 0.25) is 0 Å². The van der Waals surface area contributed by atoms with Crippen molar-refractivity contribution in [3.8, 4) is 0 Å². The summed E-state index contributed by atoms with van der Waals surface area (Å²) in [5, 5.41) is 2.77. The van der Waals surface area contributed by atoms with Crippen LogP contribution in [0, 0.1) is 0 Å². The van der Waals surface area contributed by atoms with Gasteiger partial charge in [-0.15, -0.1) is 0 Å². The summed E-state index contributed by atoms with van der Waals surface area (Å²) < 4.78 is 43.6. The molecule has 0 heterocycles. The maximum Gasteiger partial charge on any atom is 0.418 e. The molecule has 23 heavy (non-hydrogen) atoms. The van der Waals surface area contributed by atoms with E-state index in [9.17, 15) is 18.0 Å². The molecule has 0 aliphatic heterocycles. The molecule has 0 atom stereocenters. The van der Waals surface area contributed by atoms with Gasteiger partial charge >= 0.3 is 12.1 Å². The van der Waals surface area contributed by atoms with Gasteiger partial charge in [0.15, 0.2) is 0 Å². The Bertz CT molecular complexity index is 724. The lowest BCUT2D eigenvalue weighted by Gasteiger charge is -2.15. The minimum Gasteiger partial charge on any atom is -0.466 e. The fraction of sp³-hybridized carbons (Fsp3) is 0.118. The van der Waals surface area contributed by atoms with Crippen LogP contribution in [0.15, 0.2) is 54.6 Å². The van der Waals surface area contributed by atoms with E-state index in [4.69, 9.17) is 0 Å². The lowest BCUT2D eigenvalue weighted by Crippen LogP contribution is -2.08. The molecule has 2 aromatic rings. The maximum atomic E-state index is 13.0. The van der Waals surface area contributed by atoms with Gasteiger partial charge in [-0.3, -0.25) is 0 Å². The van der Waals surface area contributed by atoms with E-state index in [-0.39, 0.29) is 5.69 Å². The SMILES string of the molecule is COC(=O)C=Cc1ccccc1Nc1ccccc1C(F)(F)F. The first-order valence-electron chi connectivity index (χ1n) is 6.70. The quantitative estimate of drug-likeness (QED) is 0.659. The van der Waals surface area contributed by atoms with E-state index in [1.165, 1.54) is 37.5 Å². The normalized spacial score (nSPS) is 11.5. The number of para-hydroxylation sites is 2. The first kappa shape index (κ1) is 16.6. The maximum absolute atomic E-state index is 13.0. The fourth-order valence-electron chi connectivity index (χ4n) is 1.97. The molecule has 2 aromatic carbocycles. The van der Waals surface area contributed by atoms with Gasteiger partial charge in [-0.2, -0.15) is 13.2 Å². The van der Waals surface area contributed by atoms with Gasteiger partial charge in [-0.05, 0) is 29.8 Å². The average molecular weight is 321 g/mol. The van der Waals surface area contributed by atoms with Gasteiger partial charge in [0.05, 0.1) is 18.4 Å². The molecule has 0 radical (unpaired) electrons. The molecule has 1 N–H and O–H groups in total. The number of anilines is 2. The number of benzene rings is 2. The Hall–Kier alpha value is -2.76. The van der Waals surface area contributed by atoms with Crippen molar-refractivity contribution >= 4 is 23.4 Å². The Labute approximate surface area is 131 Å². The molecule has 2 rings (SSSR count). The second-order valence-electron chi connectivity index (χ2n) is 4.61. The Kier molecular flexibility index (Phi) is 5.05. The van der Waals surface area contributed by atoms with Crippen molar-refractivity contribution in [2.45, 2.75) is 6.18 Å². The van der Waals surface area contributed by atoms with Crippen molar-refractivity contribution in [1.29, 1.82) is 0 Å². The van der Waals surface area contributed by atoms with Gasteiger partial charge in [-0.25, -0.2) is 4.79 Å². The molecule has 0 aliphatic carbocycles. The number of methoxy groups -OCH3 is 1. The molecule has 0 bridgehead atoms. The van der Waals surface area contributed by atoms with E-state index in [0.29, 0.717) is 11.3 Å². The number of carbonyl (C=O) groups excluding carboxylic acids is 1. The summed E-state index contributed by atoms with van der Waals surface area (Å²) in [5.74, 6) is -0.546. The van der Waals surface area contributed by atoms with Gasteiger partial charge in [0.25, 0.3) is 0 Å². The number of hydrogen-bond acceptors (Lipinski definition) is 3. The summed E-state index contributed by atoms with van der Waals surface area (Å²) in [6.07, 6.45) is -1.78. The van der Waals surface area contributed by atoms with E-state index in [0.717, 1.165) is 6.07 Å². The van der Waals surface area contributed by atoms with E-state index in [1.54, 1.807) is 24.3 Å². The smallest absolute Gasteiger partial charge is 0.418 e. The molecular weight excluding hydrogens is 307 g/mol. The molecule has 6 heteroatoms. The van der Waals surface area contributed by atoms with Gasteiger partial charge < -0.3 is 10.1 Å². The number of rotatable bonds is 4. The van der Waals surface area contributed by atoms with Crippen LogP contribution >= 0.6 is 0 Å².